The third-order valence-corrected chi connectivity index (χ3v) is 18.6. The molecule has 3 saturated carbocycles. The number of carbonyl (C=O) groups excluding carboxylic acids is 1. The number of rotatable bonds is 14. The van der Waals surface area contributed by atoms with Crippen LogP contribution in [-0.4, -0.2) is 209 Å². The highest BCUT2D eigenvalue weighted by Crippen LogP contribution is 2.70. The Balaban J connectivity index is 0.858. The molecule has 72 heavy (non-hydrogen) atoms. The molecule has 11 N–H and O–H groups in total. The highest BCUT2D eigenvalue weighted by Gasteiger charge is 2.68. The zero-order valence-corrected chi connectivity index (χ0v) is 41.7. The van der Waals surface area contributed by atoms with Crippen LogP contribution in [0.5, 0.6) is 0 Å². The van der Waals surface area contributed by atoms with E-state index in [4.69, 9.17) is 47.7 Å². The molecule has 0 unspecified atom stereocenters. The molecule has 26 atom stereocenters. The molecule has 0 bridgehead atoms. The van der Waals surface area contributed by atoms with E-state index in [-0.39, 0.29) is 29.5 Å². The lowest BCUT2D eigenvalue weighted by Gasteiger charge is -2.58. The number of hydrogen-bond acceptors (Lipinski definition) is 21. The summed E-state index contributed by atoms with van der Waals surface area (Å²) in [5, 5.41) is 115. The number of fused-ring (bicyclic) bond motifs is 7. The minimum atomic E-state index is -1.85. The molecule has 22 nitrogen and oxygen atoms in total. The number of carboxylic acids is 1. The molecule has 0 aromatic heterocycles. The number of aliphatic hydroxyl groups excluding tert-OH is 9. The molecule has 410 valence electrons. The van der Waals surface area contributed by atoms with Crippen molar-refractivity contribution in [2.75, 3.05) is 19.8 Å². The van der Waals surface area contributed by atoms with Crippen molar-refractivity contribution in [1.82, 2.24) is 0 Å². The zero-order valence-electron chi connectivity index (χ0n) is 41.7. The van der Waals surface area contributed by atoms with Crippen LogP contribution in [0.25, 0.3) is 0 Å². The fraction of sp³-hybridized carbons (Fsp3) is 0.920. The van der Waals surface area contributed by atoms with Gasteiger partial charge in [-0.15, -0.1) is 0 Å². The summed E-state index contributed by atoms with van der Waals surface area (Å²) in [7, 11) is 0. The van der Waals surface area contributed by atoms with Crippen molar-refractivity contribution < 1.29 is 108 Å². The first-order valence-corrected chi connectivity index (χ1v) is 25.9. The number of hydrogen-bond donors (Lipinski definition) is 11. The van der Waals surface area contributed by atoms with Gasteiger partial charge in [0.15, 0.2) is 24.7 Å². The number of allylic oxidation sites excluding steroid dienone is 1. The molecule has 0 aromatic carbocycles. The summed E-state index contributed by atoms with van der Waals surface area (Å²) in [6, 6.07) is 0. The van der Waals surface area contributed by atoms with Crippen LogP contribution in [0.1, 0.15) is 112 Å². The predicted octanol–water partition coefficient (Wildman–Crippen LogP) is -0.750. The maximum absolute atomic E-state index is 12.6. The van der Waals surface area contributed by atoms with Gasteiger partial charge < -0.3 is 98.8 Å². The Bertz CT molecular complexity index is 1990. The molecule has 22 heteroatoms. The van der Waals surface area contributed by atoms with E-state index in [9.17, 15) is 60.7 Å². The third kappa shape index (κ3) is 10.1. The molecule has 0 radical (unpaired) electrons. The second kappa shape index (κ2) is 20.4. The Labute approximate surface area is 418 Å². The van der Waals surface area contributed by atoms with E-state index in [2.05, 4.69) is 19.9 Å². The van der Waals surface area contributed by atoms with Crippen LogP contribution in [0.3, 0.4) is 0 Å². The number of aliphatic hydroxyl groups is 10. The number of esters is 1. The molecule has 1 spiro atoms. The second-order valence-electron chi connectivity index (χ2n) is 23.7. The molecule has 5 aliphatic heterocycles. The van der Waals surface area contributed by atoms with Crippen LogP contribution in [0.2, 0.25) is 0 Å². The highest BCUT2D eigenvalue weighted by atomic mass is 16.8. The summed E-state index contributed by atoms with van der Waals surface area (Å²) in [6.45, 7) is 7.92. The molecular formula is C50H78O22. The van der Waals surface area contributed by atoms with Gasteiger partial charge in [0, 0.05) is 12.8 Å². The lowest BCUT2D eigenvalue weighted by molar-refractivity contribution is -0.389. The monoisotopic (exact) mass is 1030 g/mol. The van der Waals surface area contributed by atoms with Gasteiger partial charge in [-0.1, -0.05) is 25.5 Å². The summed E-state index contributed by atoms with van der Waals surface area (Å²) in [6.07, 6.45) is -14.8. The first kappa shape index (κ1) is 54.7. The highest BCUT2D eigenvalue weighted by molar-refractivity contribution is 5.73. The molecule has 0 amide bonds. The van der Waals surface area contributed by atoms with Crippen LogP contribution in [-0.2, 0) is 52.2 Å². The number of carboxylic acid groups (broad SMARTS) is 1. The number of aliphatic carboxylic acids is 1. The van der Waals surface area contributed by atoms with Crippen LogP contribution in [0.4, 0.5) is 0 Å². The van der Waals surface area contributed by atoms with Crippen LogP contribution < -0.4 is 0 Å². The van der Waals surface area contributed by atoms with E-state index in [1.807, 2.05) is 6.92 Å². The van der Waals surface area contributed by atoms with Crippen molar-refractivity contribution in [2.45, 2.75) is 233 Å². The Morgan fingerprint density at radius 3 is 2.10 bits per heavy atom. The molecule has 9 aliphatic rings. The lowest BCUT2D eigenvalue weighted by Crippen LogP contribution is -2.67. The molecule has 8 fully saturated rings. The molecule has 9 rings (SSSR count). The van der Waals surface area contributed by atoms with E-state index >= 15 is 0 Å². The Hall–Kier alpha value is -2.04. The average molecular weight is 1030 g/mol. The summed E-state index contributed by atoms with van der Waals surface area (Å²) in [5.41, 5.74) is -1.38. The van der Waals surface area contributed by atoms with E-state index in [0.29, 0.717) is 43.4 Å². The van der Waals surface area contributed by atoms with Gasteiger partial charge in [0.1, 0.15) is 79.4 Å². The molecule has 5 saturated heterocycles. The first-order chi connectivity index (χ1) is 33.8. The Morgan fingerprint density at radius 1 is 0.736 bits per heavy atom. The Morgan fingerprint density at radius 2 is 1.40 bits per heavy atom. The molecule has 0 aromatic rings. The van der Waals surface area contributed by atoms with E-state index in [1.54, 1.807) is 0 Å². The number of ether oxygens (including phenoxy) is 9. The van der Waals surface area contributed by atoms with E-state index in [0.717, 1.165) is 38.5 Å². The summed E-state index contributed by atoms with van der Waals surface area (Å²) < 4.78 is 55.5. The van der Waals surface area contributed by atoms with Gasteiger partial charge in [-0.3, -0.25) is 9.59 Å². The normalized spacial score (nSPS) is 51.9. The standard InChI is InChI=1S/C50H78O22/c1-22-34(56)36(58)38(60)43(65-22)70-42-40(62)41(69-44-39(61)37(59)35(57)30(19-51)67-44)31(20-52)68-45(42)66-24-8-10-48(4)23(14-24)6-7-25-26(48)9-11-49(5)27(25)15-29-28(49)16-50(71-29)13-12-47(3,72-50)21-64-33(55)18-46(2,63)17-32(53)54/h6,22,24-31,34-45,51-52,56-63H,7-21H2,1-5H3,(H,53,54)/t22-,24-,25+,26-,27-,28-,29-,30+,31+,34-,35+,36+,37-,38+,39+,40-,41+,42+,43-,44-,45+,46-,47-,48-,49-,50-/m0/s1. The van der Waals surface area contributed by atoms with Crippen molar-refractivity contribution in [3.05, 3.63) is 11.6 Å². The zero-order chi connectivity index (χ0) is 52.0. The van der Waals surface area contributed by atoms with Crippen LogP contribution in [0.15, 0.2) is 11.6 Å². The third-order valence-electron chi connectivity index (χ3n) is 18.6. The van der Waals surface area contributed by atoms with Gasteiger partial charge in [-0.2, -0.15) is 0 Å². The molecule has 5 heterocycles. The predicted molar refractivity (Wildman–Crippen MR) is 242 cm³/mol. The number of carbonyl (C=O) groups is 2. The van der Waals surface area contributed by atoms with Crippen molar-refractivity contribution in [3.8, 4) is 0 Å². The first-order valence-electron chi connectivity index (χ1n) is 25.9. The van der Waals surface area contributed by atoms with Gasteiger partial charge in [0.05, 0.1) is 50.0 Å². The van der Waals surface area contributed by atoms with Gasteiger partial charge in [-0.25, -0.2) is 0 Å². The minimum Gasteiger partial charge on any atom is -0.481 e. The van der Waals surface area contributed by atoms with Gasteiger partial charge >= 0.3 is 11.9 Å². The van der Waals surface area contributed by atoms with Crippen molar-refractivity contribution >= 4 is 11.9 Å². The second-order valence-corrected chi connectivity index (χ2v) is 23.7. The van der Waals surface area contributed by atoms with Gasteiger partial charge in [0.25, 0.3) is 0 Å². The minimum absolute atomic E-state index is 0.0136. The van der Waals surface area contributed by atoms with Crippen molar-refractivity contribution in [3.63, 3.8) is 0 Å². The topological polar surface area (TPSA) is 340 Å². The van der Waals surface area contributed by atoms with E-state index < -0.39 is 153 Å². The van der Waals surface area contributed by atoms with E-state index in [1.165, 1.54) is 19.4 Å². The summed E-state index contributed by atoms with van der Waals surface area (Å²) in [5.74, 6) is -1.17. The van der Waals surface area contributed by atoms with Crippen molar-refractivity contribution in [1.29, 1.82) is 0 Å². The lowest BCUT2D eigenvalue weighted by atomic mass is 9.47. The average Bonchev–Trinajstić information content (AvgIpc) is 3.95. The molecule has 4 aliphatic carbocycles. The van der Waals surface area contributed by atoms with Gasteiger partial charge in [0.2, 0.25) is 0 Å². The maximum Gasteiger partial charge on any atom is 0.308 e. The van der Waals surface area contributed by atoms with Crippen LogP contribution >= 0.6 is 0 Å². The quantitative estimate of drug-likeness (QED) is 0.0753. The SMILES string of the molecule is C[C@@H]1O[C@@H](O[C@H]2[C@H](O[C@H]3CC[C@@]4(C)C(=CC[C@H]5[C@@H]6C[C@@H]7O[C@]8(CC[C@@](C)(COC(=O)C[C@@](C)(O)CC(=O)O)O8)C[C@@H]7[C@@]6(C)CC[C@@H]54)C3)O[C@H](CO)[C@@H](O[C@@H]3O[C@H](CO)[C@@H](O)[C@H](O)[C@H]3O)[C@@H]2O)[C@H](O)[C@H](O)[C@H]1O. The summed E-state index contributed by atoms with van der Waals surface area (Å²) >= 11 is 0. The van der Waals surface area contributed by atoms with Crippen LogP contribution in [0, 0.1) is 34.5 Å². The van der Waals surface area contributed by atoms with Crippen molar-refractivity contribution in [2.24, 2.45) is 34.5 Å². The fourth-order valence-corrected chi connectivity index (χ4v) is 14.6. The fourth-order valence-electron chi connectivity index (χ4n) is 14.6. The Kier molecular flexibility index (Phi) is 15.5. The smallest absolute Gasteiger partial charge is 0.308 e. The van der Waals surface area contributed by atoms with Gasteiger partial charge in [-0.05, 0) is 107 Å². The maximum atomic E-state index is 12.6. The summed E-state index contributed by atoms with van der Waals surface area (Å²) in [4.78, 5) is 23.7. The largest absolute Gasteiger partial charge is 0.481 e. The molecular weight excluding hydrogens is 953 g/mol.